The van der Waals surface area contributed by atoms with Gasteiger partial charge in [-0.3, -0.25) is 9.59 Å². The molecule has 2 unspecified atom stereocenters. The van der Waals surface area contributed by atoms with Crippen LogP contribution in [0.15, 0.2) is 54.6 Å². The summed E-state index contributed by atoms with van der Waals surface area (Å²) in [6.07, 6.45) is 0.566. The highest BCUT2D eigenvalue weighted by atomic mass is 16.4. The summed E-state index contributed by atoms with van der Waals surface area (Å²) in [7, 11) is 0. The van der Waals surface area contributed by atoms with Gasteiger partial charge in [0.1, 0.15) is 0 Å². The molecule has 152 valence electrons. The molecule has 1 aliphatic rings. The van der Waals surface area contributed by atoms with Crippen LogP contribution >= 0.6 is 0 Å². The van der Waals surface area contributed by atoms with Crippen molar-refractivity contribution >= 4 is 23.6 Å². The van der Waals surface area contributed by atoms with Crippen LogP contribution in [0.2, 0.25) is 0 Å². The molecule has 3 amide bonds. The van der Waals surface area contributed by atoms with Gasteiger partial charge in [-0.15, -0.1) is 0 Å². The summed E-state index contributed by atoms with van der Waals surface area (Å²) in [5.41, 5.74) is 1.93. The van der Waals surface area contributed by atoms with Gasteiger partial charge in [-0.2, -0.15) is 0 Å². The Morgan fingerprint density at radius 2 is 1.83 bits per heavy atom. The standard InChI is InChI=1S/C22H25N3O4/c1-15-10-18(21(27)28)14-25(13-15)22(29)24-19-9-5-8-17(11-19)20(26)23-12-16-6-3-2-4-7-16/h2-9,11,15,18H,10,12-14H2,1H3,(H,23,26)(H,24,29)(H,27,28). The number of hydrogen-bond acceptors (Lipinski definition) is 3. The maximum atomic E-state index is 12.6. The van der Waals surface area contributed by atoms with Gasteiger partial charge < -0.3 is 20.6 Å². The Balaban J connectivity index is 1.61. The van der Waals surface area contributed by atoms with Gasteiger partial charge >= 0.3 is 12.0 Å². The summed E-state index contributed by atoms with van der Waals surface area (Å²) < 4.78 is 0. The second-order valence-electron chi connectivity index (χ2n) is 7.46. The van der Waals surface area contributed by atoms with Crippen LogP contribution in [-0.4, -0.2) is 41.0 Å². The Morgan fingerprint density at radius 3 is 2.55 bits per heavy atom. The number of likely N-dealkylation sites (tertiary alicyclic amines) is 1. The normalized spacial score (nSPS) is 18.7. The highest BCUT2D eigenvalue weighted by Gasteiger charge is 2.31. The van der Waals surface area contributed by atoms with Crippen molar-refractivity contribution in [3.05, 3.63) is 65.7 Å². The molecule has 3 rings (SSSR count). The zero-order chi connectivity index (χ0) is 20.8. The van der Waals surface area contributed by atoms with E-state index in [-0.39, 0.29) is 24.4 Å². The van der Waals surface area contributed by atoms with Crippen LogP contribution in [0.5, 0.6) is 0 Å². The Hall–Kier alpha value is -3.35. The number of amides is 3. The molecule has 2 aromatic carbocycles. The van der Waals surface area contributed by atoms with E-state index in [0.717, 1.165) is 5.56 Å². The number of carboxylic acid groups (broad SMARTS) is 1. The van der Waals surface area contributed by atoms with Crippen molar-refractivity contribution in [3.63, 3.8) is 0 Å². The number of carboxylic acids is 1. The SMILES string of the molecule is CC1CC(C(=O)O)CN(C(=O)Nc2cccc(C(=O)NCc3ccccc3)c2)C1. The van der Waals surface area contributed by atoms with Gasteiger partial charge in [0.05, 0.1) is 5.92 Å². The minimum Gasteiger partial charge on any atom is -0.481 e. The van der Waals surface area contributed by atoms with Crippen LogP contribution in [0.25, 0.3) is 0 Å². The Labute approximate surface area is 169 Å². The summed E-state index contributed by atoms with van der Waals surface area (Å²) in [5.74, 6) is -1.56. The molecule has 7 heteroatoms. The van der Waals surface area contributed by atoms with Crippen LogP contribution < -0.4 is 10.6 Å². The number of carbonyl (C=O) groups is 3. The van der Waals surface area contributed by atoms with Crippen LogP contribution in [0.3, 0.4) is 0 Å². The van der Waals surface area contributed by atoms with Gasteiger partial charge in [-0.25, -0.2) is 4.79 Å². The first-order valence-electron chi connectivity index (χ1n) is 9.63. The highest BCUT2D eigenvalue weighted by molar-refractivity contribution is 5.97. The minimum atomic E-state index is -0.883. The Kier molecular flexibility index (Phi) is 6.49. The zero-order valence-corrected chi connectivity index (χ0v) is 16.3. The quantitative estimate of drug-likeness (QED) is 0.724. The highest BCUT2D eigenvalue weighted by Crippen LogP contribution is 2.22. The third-order valence-electron chi connectivity index (χ3n) is 4.97. The molecule has 7 nitrogen and oxygen atoms in total. The lowest BCUT2D eigenvalue weighted by Crippen LogP contribution is -2.47. The fourth-order valence-electron chi connectivity index (χ4n) is 3.52. The summed E-state index contributed by atoms with van der Waals surface area (Å²) in [6.45, 7) is 3.04. The number of urea groups is 1. The molecule has 1 fully saturated rings. The van der Waals surface area contributed by atoms with Gasteiger partial charge in [0.15, 0.2) is 0 Å². The molecule has 2 aromatic rings. The number of nitrogens with zero attached hydrogens (tertiary/aromatic N) is 1. The smallest absolute Gasteiger partial charge is 0.321 e. The lowest BCUT2D eigenvalue weighted by molar-refractivity contribution is -0.143. The van der Waals surface area contributed by atoms with Crippen molar-refractivity contribution in [2.75, 3.05) is 18.4 Å². The molecule has 0 aromatic heterocycles. The predicted octanol–water partition coefficient (Wildman–Crippen LogP) is 3.19. The van der Waals surface area contributed by atoms with Gasteiger partial charge in [0.25, 0.3) is 5.91 Å². The van der Waals surface area contributed by atoms with Gasteiger partial charge in [-0.05, 0) is 36.1 Å². The second kappa shape index (κ2) is 9.23. The Morgan fingerprint density at radius 1 is 1.07 bits per heavy atom. The third kappa shape index (κ3) is 5.57. The van der Waals surface area contributed by atoms with Crippen LogP contribution in [0, 0.1) is 11.8 Å². The van der Waals surface area contributed by atoms with E-state index in [4.69, 9.17) is 0 Å². The maximum absolute atomic E-state index is 12.6. The van der Waals surface area contributed by atoms with Crippen molar-refractivity contribution < 1.29 is 19.5 Å². The van der Waals surface area contributed by atoms with Crippen molar-refractivity contribution in [1.82, 2.24) is 10.2 Å². The van der Waals surface area contributed by atoms with E-state index in [9.17, 15) is 19.5 Å². The fourth-order valence-corrected chi connectivity index (χ4v) is 3.52. The molecule has 2 atom stereocenters. The van der Waals surface area contributed by atoms with Crippen LogP contribution in [0.4, 0.5) is 10.5 Å². The van der Waals surface area contributed by atoms with Gasteiger partial charge in [-0.1, -0.05) is 43.3 Å². The first-order chi connectivity index (χ1) is 13.9. The number of hydrogen-bond donors (Lipinski definition) is 3. The molecular weight excluding hydrogens is 370 g/mol. The number of piperidine rings is 1. The first-order valence-corrected chi connectivity index (χ1v) is 9.63. The number of anilines is 1. The van der Waals surface area contributed by atoms with E-state index >= 15 is 0 Å². The van der Waals surface area contributed by atoms with E-state index < -0.39 is 11.9 Å². The molecule has 1 saturated heterocycles. The van der Waals surface area contributed by atoms with E-state index in [1.807, 2.05) is 37.3 Å². The number of carbonyl (C=O) groups excluding carboxylic acids is 2. The molecule has 0 bridgehead atoms. The molecule has 3 N–H and O–H groups in total. The van der Waals surface area contributed by atoms with Crippen LogP contribution in [-0.2, 0) is 11.3 Å². The molecule has 0 spiro atoms. The average molecular weight is 395 g/mol. The van der Waals surface area contributed by atoms with Gasteiger partial charge in [0, 0.05) is 30.9 Å². The number of rotatable bonds is 5. The minimum absolute atomic E-state index is 0.116. The van der Waals surface area contributed by atoms with Gasteiger partial charge in [0.2, 0.25) is 0 Å². The summed E-state index contributed by atoms with van der Waals surface area (Å²) >= 11 is 0. The number of benzene rings is 2. The molecule has 0 aliphatic carbocycles. The summed E-state index contributed by atoms with van der Waals surface area (Å²) in [6, 6.07) is 15.9. The van der Waals surface area contributed by atoms with E-state index in [2.05, 4.69) is 10.6 Å². The monoisotopic (exact) mass is 395 g/mol. The first kappa shape index (κ1) is 20.4. The molecule has 29 heavy (non-hydrogen) atoms. The zero-order valence-electron chi connectivity index (χ0n) is 16.3. The van der Waals surface area contributed by atoms with Crippen molar-refractivity contribution in [3.8, 4) is 0 Å². The lowest BCUT2D eigenvalue weighted by Gasteiger charge is -2.34. The summed E-state index contributed by atoms with van der Waals surface area (Å²) in [5, 5.41) is 14.9. The Bertz CT molecular complexity index is 885. The largest absolute Gasteiger partial charge is 0.481 e. The van der Waals surface area contributed by atoms with E-state index in [1.54, 1.807) is 24.3 Å². The van der Waals surface area contributed by atoms with E-state index in [1.165, 1.54) is 4.90 Å². The van der Waals surface area contributed by atoms with Crippen molar-refractivity contribution in [2.45, 2.75) is 19.9 Å². The predicted molar refractivity (Wildman–Crippen MR) is 110 cm³/mol. The number of aliphatic carboxylic acids is 1. The number of nitrogens with one attached hydrogen (secondary N) is 2. The fraction of sp³-hybridized carbons (Fsp3) is 0.318. The summed E-state index contributed by atoms with van der Waals surface area (Å²) in [4.78, 5) is 37.8. The maximum Gasteiger partial charge on any atom is 0.321 e. The molecule has 1 heterocycles. The van der Waals surface area contributed by atoms with Crippen molar-refractivity contribution in [2.24, 2.45) is 11.8 Å². The van der Waals surface area contributed by atoms with Crippen molar-refractivity contribution in [1.29, 1.82) is 0 Å². The second-order valence-corrected chi connectivity index (χ2v) is 7.46. The molecule has 0 saturated carbocycles. The average Bonchev–Trinajstić information content (AvgIpc) is 2.72. The molecule has 0 radical (unpaired) electrons. The topological polar surface area (TPSA) is 98.7 Å². The third-order valence-corrected chi connectivity index (χ3v) is 4.97. The lowest BCUT2D eigenvalue weighted by atomic mass is 9.91. The molecule has 1 aliphatic heterocycles. The van der Waals surface area contributed by atoms with E-state index in [0.29, 0.717) is 30.8 Å². The molecular formula is C22H25N3O4. The van der Waals surface area contributed by atoms with Crippen LogP contribution in [0.1, 0.15) is 29.3 Å².